The van der Waals surface area contributed by atoms with Crippen LogP contribution in [0.2, 0.25) is 0 Å². The molecule has 0 aromatic heterocycles. The van der Waals surface area contributed by atoms with Crippen LogP contribution in [-0.2, 0) is 22.0 Å². The van der Waals surface area contributed by atoms with Crippen molar-refractivity contribution in [1.29, 1.82) is 0 Å². The van der Waals surface area contributed by atoms with Gasteiger partial charge in [0.15, 0.2) is 11.5 Å². The fourth-order valence-corrected chi connectivity index (χ4v) is 5.02. The number of guanidine groups is 1. The second-order valence-corrected chi connectivity index (χ2v) is 9.37. The Balaban J connectivity index is 1.72. The molecule has 2 aromatic rings. The molecule has 1 atom stereocenters. The monoisotopic (exact) mass is 441 g/mol. The van der Waals surface area contributed by atoms with E-state index >= 15 is 0 Å². The zero-order chi connectivity index (χ0) is 21.9. The third-order valence-electron chi connectivity index (χ3n) is 5.08. The Labute approximate surface area is 171 Å². The van der Waals surface area contributed by atoms with E-state index in [-0.39, 0.29) is 29.4 Å². The first-order valence-corrected chi connectivity index (χ1v) is 10.5. The predicted octanol–water partition coefficient (Wildman–Crippen LogP) is 2.54. The average Bonchev–Trinajstić information content (AvgIpc) is 2.96. The van der Waals surface area contributed by atoms with Crippen molar-refractivity contribution in [3.05, 3.63) is 58.9 Å². The maximum Gasteiger partial charge on any atom is 0.586 e. The van der Waals surface area contributed by atoms with Crippen LogP contribution in [0.3, 0.4) is 0 Å². The summed E-state index contributed by atoms with van der Waals surface area (Å²) in [7, 11) is -2.51. The van der Waals surface area contributed by atoms with Crippen molar-refractivity contribution in [3.63, 3.8) is 0 Å². The lowest BCUT2D eigenvalue weighted by atomic mass is 9.91. The number of alkyl halides is 2. The Morgan fingerprint density at radius 3 is 2.67 bits per heavy atom. The van der Waals surface area contributed by atoms with Gasteiger partial charge in [0, 0.05) is 24.6 Å². The van der Waals surface area contributed by atoms with Gasteiger partial charge in [-0.1, -0.05) is 24.3 Å². The van der Waals surface area contributed by atoms with Crippen LogP contribution >= 0.6 is 0 Å². The van der Waals surface area contributed by atoms with E-state index in [1.165, 1.54) is 38.2 Å². The van der Waals surface area contributed by atoms with Crippen LogP contribution in [0.25, 0.3) is 0 Å². The number of halogens is 3. The first kappa shape index (κ1) is 20.3. The van der Waals surface area contributed by atoms with Gasteiger partial charge in [-0.15, -0.1) is 8.78 Å². The second kappa shape index (κ2) is 6.53. The standard InChI is InChI=1S/C19H18F3N3O4S/c1-18(10-30(26,27)25(2)17(23)24-18)13-9-11(6-7-14(13)20)8-12-4-3-5-15-16(12)29-19(21,22)28-15/h3-7,9H,8,10H2,1-2H3,(H2,23,24)/t18-/m0/s1. The number of nitrogens with zero attached hydrogens (tertiary/aromatic N) is 2. The third kappa shape index (κ3) is 3.42. The van der Waals surface area contributed by atoms with Crippen molar-refractivity contribution < 1.29 is 31.1 Å². The number of hydrogen-bond acceptors (Lipinski definition) is 6. The molecule has 2 aromatic carbocycles. The minimum Gasteiger partial charge on any atom is -0.395 e. The molecule has 2 aliphatic rings. The highest BCUT2D eigenvalue weighted by Crippen LogP contribution is 2.44. The number of hydrogen-bond donors (Lipinski definition) is 1. The highest BCUT2D eigenvalue weighted by Gasteiger charge is 2.45. The van der Waals surface area contributed by atoms with Crippen molar-refractivity contribution in [2.45, 2.75) is 25.2 Å². The van der Waals surface area contributed by atoms with E-state index < -0.39 is 33.4 Å². The number of rotatable bonds is 3. The van der Waals surface area contributed by atoms with Gasteiger partial charge in [-0.05, 0) is 24.6 Å². The first-order chi connectivity index (χ1) is 13.9. The Hall–Kier alpha value is -2.95. The smallest absolute Gasteiger partial charge is 0.395 e. The van der Waals surface area contributed by atoms with Crippen LogP contribution in [0, 0.1) is 5.82 Å². The number of ether oxygens (including phenoxy) is 2. The molecule has 7 nitrogen and oxygen atoms in total. The first-order valence-electron chi connectivity index (χ1n) is 8.89. The number of fused-ring (bicyclic) bond motifs is 1. The van der Waals surface area contributed by atoms with Gasteiger partial charge in [-0.25, -0.2) is 22.1 Å². The highest BCUT2D eigenvalue weighted by atomic mass is 32.2. The summed E-state index contributed by atoms with van der Waals surface area (Å²) in [6.45, 7) is 1.48. The van der Waals surface area contributed by atoms with Gasteiger partial charge in [-0.2, -0.15) is 0 Å². The maximum absolute atomic E-state index is 14.7. The molecular formula is C19H18F3N3O4S. The summed E-state index contributed by atoms with van der Waals surface area (Å²) in [5.74, 6) is -1.56. The van der Waals surface area contributed by atoms with Crippen molar-refractivity contribution in [3.8, 4) is 11.5 Å². The van der Waals surface area contributed by atoms with Gasteiger partial charge >= 0.3 is 6.29 Å². The summed E-state index contributed by atoms with van der Waals surface area (Å²) in [5, 5.41) is 0. The lowest BCUT2D eigenvalue weighted by Gasteiger charge is -2.34. The van der Waals surface area contributed by atoms with E-state index in [1.54, 1.807) is 12.1 Å². The number of para-hydroxylation sites is 1. The molecule has 2 heterocycles. The summed E-state index contributed by atoms with van der Waals surface area (Å²) in [5.41, 5.74) is 5.29. The Bertz CT molecular complexity index is 1170. The van der Waals surface area contributed by atoms with E-state index in [4.69, 9.17) is 5.73 Å². The van der Waals surface area contributed by atoms with Crippen LogP contribution in [0.4, 0.5) is 13.2 Å². The maximum atomic E-state index is 14.7. The fourth-order valence-electron chi connectivity index (χ4n) is 3.57. The molecule has 0 radical (unpaired) electrons. The Morgan fingerprint density at radius 1 is 1.23 bits per heavy atom. The molecule has 160 valence electrons. The van der Waals surface area contributed by atoms with E-state index in [0.29, 0.717) is 11.1 Å². The third-order valence-corrected chi connectivity index (χ3v) is 7.03. The summed E-state index contributed by atoms with van der Waals surface area (Å²) < 4.78 is 76.2. The number of aliphatic imine (C=N–C) groups is 1. The molecule has 0 saturated heterocycles. The molecule has 0 spiro atoms. The van der Waals surface area contributed by atoms with Crippen molar-refractivity contribution in [2.75, 3.05) is 12.8 Å². The molecule has 0 bridgehead atoms. The number of nitrogens with two attached hydrogens (primary N) is 1. The molecule has 2 aliphatic heterocycles. The predicted molar refractivity (Wildman–Crippen MR) is 102 cm³/mol. The molecule has 0 saturated carbocycles. The summed E-state index contributed by atoms with van der Waals surface area (Å²) in [6.07, 6.45) is -3.63. The Morgan fingerprint density at radius 2 is 1.97 bits per heavy atom. The molecule has 2 N–H and O–H groups in total. The molecule has 0 aliphatic carbocycles. The zero-order valence-corrected chi connectivity index (χ0v) is 16.8. The molecule has 30 heavy (non-hydrogen) atoms. The van der Waals surface area contributed by atoms with Crippen molar-refractivity contribution in [2.24, 2.45) is 10.7 Å². The molecular weight excluding hydrogens is 423 g/mol. The van der Waals surface area contributed by atoms with E-state index in [1.807, 2.05) is 0 Å². The van der Waals surface area contributed by atoms with Crippen LogP contribution < -0.4 is 15.2 Å². The van der Waals surface area contributed by atoms with Gasteiger partial charge < -0.3 is 15.2 Å². The largest absolute Gasteiger partial charge is 0.586 e. The fraction of sp³-hybridized carbons (Fsp3) is 0.316. The highest BCUT2D eigenvalue weighted by molar-refractivity contribution is 7.89. The molecule has 4 rings (SSSR count). The van der Waals surface area contributed by atoms with Gasteiger partial charge in [0.1, 0.15) is 11.4 Å². The van der Waals surface area contributed by atoms with Crippen molar-refractivity contribution in [1.82, 2.24) is 4.31 Å². The number of sulfonamides is 1. The molecule has 11 heteroatoms. The molecule has 0 unspecified atom stereocenters. The quantitative estimate of drug-likeness (QED) is 0.790. The van der Waals surface area contributed by atoms with Crippen molar-refractivity contribution >= 4 is 16.0 Å². The van der Waals surface area contributed by atoms with E-state index in [0.717, 1.165) is 4.31 Å². The summed E-state index contributed by atoms with van der Waals surface area (Å²) in [4.78, 5) is 4.20. The zero-order valence-electron chi connectivity index (χ0n) is 16.0. The van der Waals surface area contributed by atoms with Crippen LogP contribution in [0.15, 0.2) is 41.4 Å². The normalized spacial score (nSPS) is 23.9. The second-order valence-electron chi connectivity index (χ2n) is 7.37. The van der Waals surface area contributed by atoms with Gasteiger partial charge in [0.05, 0.1) is 5.75 Å². The minimum atomic E-state index is -3.78. The minimum absolute atomic E-state index is 0.0368. The summed E-state index contributed by atoms with van der Waals surface area (Å²) in [6, 6.07) is 8.61. The lowest BCUT2D eigenvalue weighted by Crippen LogP contribution is -2.50. The molecule has 0 amide bonds. The van der Waals surface area contributed by atoms with Gasteiger partial charge in [0.2, 0.25) is 16.0 Å². The van der Waals surface area contributed by atoms with E-state index in [2.05, 4.69) is 14.5 Å². The van der Waals surface area contributed by atoms with Gasteiger partial charge in [0.25, 0.3) is 0 Å². The van der Waals surface area contributed by atoms with Crippen LogP contribution in [0.5, 0.6) is 11.5 Å². The SMILES string of the molecule is CN1C(N)=N[C@](C)(c2cc(Cc3cccc4c3OC(F)(F)O4)ccc2F)CS1(=O)=O. The van der Waals surface area contributed by atoms with Crippen LogP contribution in [-0.4, -0.2) is 37.8 Å². The molecule has 0 fully saturated rings. The average molecular weight is 441 g/mol. The van der Waals surface area contributed by atoms with Crippen LogP contribution in [0.1, 0.15) is 23.6 Å². The Kier molecular flexibility index (Phi) is 4.42. The number of benzene rings is 2. The van der Waals surface area contributed by atoms with E-state index in [9.17, 15) is 21.6 Å². The lowest BCUT2D eigenvalue weighted by molar-refractivity contribution is -0.286. The topological polar surface area (TPSA) is 94.2 Å². The van der Waals surface area contributed by atoms with Gasteiger partial charge in [-0.3, -0.25) is 0 Å². The summed E-state index contributed by atoms with van der Waals surface area (Å²) >= 11 is 0.